The number of ether oxygens (including phenoxy) is 2. The standard InChI is InChI=1S/C28H31FN2O4/c1-34-23-6-3-7-24(18-23)35-16-15-31-14-4-8-25-21(5-2-9-27(25)31)19-30-22-12-10-20(26(29)17-22)11-13-28(32)33/h2-3,5-7,9-10,12,17-18,30H,4,8,11,13-16,19H2,1H3,(H,32,33). The van der Waals surface area contributed by atoms with Crippen LogP contribution in [0.25, 0.3) is 0 Å². The molecule has 0 aliphatic carbocycles. The summed E-state index contributed by atoms with van der Waals surface area (Å²) >= 11 is 0. The molecule has 4 rings (SSSR count). The van der Waals surface area contributed by atoms with E-state index in [4.69, 9.17) is 14.6 Å². The average molecular weight is 479 g/mol. The van der Waals surface area contributed by atoms with Crippen molar-refractivity contribution < 1.29 is 23.8 Å². The second kappa shape index (κ2) is 11.6. The minimum atomic E-state index is -0.929. The van der Waals surface area contributed by atoms with Crippen molar-refractivity contribution in [2.24, 2.45) is 0 Å². The van der Waals surface area contributed by atoms with E-state index in [0.717, 1.165) is 37.4 Å². The summed E-state index contributed by atoms with van der Waals surface area (Å²) in [6.45, 7) is 2.92. The number of methoxy groups -OCH3 is 1. The topological polar surface area (TPSA) is 71.0 Å². The van der Waals surface area contributed by atoms with Crippen molar-refractivity contribution in [1.82, 2.24) is 0 Å². The van der Waals surface area contributed by atoms with Crippen LogP contribution in [0.4, 0.5) is 15.8 Å². The molecule has 1 heterocycles. The van der Waals surface area contributed by atoms with Crippen molar-refractivity contribution >= 4 is 17.3 Å². The molecule has 0 amide bonds. The van der Waals surface area contributed by atoms with E-state index in [1.165, 1.54) is 22.9 Å². The van der Waals surface area contributed by atoms with Crippen molar-refractivity contribution in [2.75, 3.05) is 37.0 Å². The largest absolute Gasteiger partial charge is 0.497 e. The predicted octanol–water partition coefficient (Wildman–Crippen LogP) is 5.30. The highest BCUT2D eigenvalue weighted by atomic mass is 19.1. The van der Waals surface area contributed by atoms with Crippen molar-refractivity contribution in [2.45, 2.75) is 32.2 Å². The number of anilines is 2. The molecule has 184 valence electrons. The lowest BCUT2D eigenvalue weighted by molar-refractivity contribution is -0.136. The van der Waals surface area contributed by atoms with Crippen LogP contribution in [0.1, 0.15) is 29.5 Å². The highest BCUT2D eigenvalue weighted by Gasteiger charge is 2.19. The first-order valence-electron chi connectivity index (χ1n) is 11.9. The molecule has 7 heteroatoms. The Kier molecular flexibility index (Phi) is 8.08. The molecular weight excluding hydrogens is 447 g/mol. The van der Waals surface area contributed by atoms with Gasteiger partial charge in [0.15, 0.2) is 0 Å². The number of carboxylic acids is 1. The summed E-state index contributed by atoms with van der Waals surface area (Å²) in [6, 6.07) is 18.8. The van der Waals surface area contributed by atoms with Crippen molar-refractivity contribution in [3.63, 3.8) is 0 Å². The van der Waals surface area contributed by atoms with Crippen molar-refractivity contribution in [3.8, 4) is 11.5 Å². The summed E-state index contributed by atoms with van der Waals surface area (Å²) < 4.78 is 25.6. The zero-order valence-corrected chi connectivity index (χ0v) is 19.9. The number of nitrogens with one attached hydrogen (secondary N) is 1. The van der Waals surface area contributed by atoms with Gasteiger partial charge in [-0.2, -0.15) is 0 Å². The number of rotatable bonds is 11. The molecule has 0 spiro atoms. The number of hydrogen-bond acceptors (Lipinski definition) is 5. The van der Waals surface area contributed by atoms with Crippen LogP contribution < -0.4 is 19.7 Å². The fourth-order valence-corrected chi connectivity index (χ4v) is 4.43. The van der Waals surface area contributed by atoms with Gasteiger partial charge in [-0.15, -0.1) is 0 Å². The third kappa shape index (κ3) is 6.44. The fourth-order valence-electron chi connectivity index (χ4n) is 4.43. The Morgan fingerprint density at radius 2 is 1.91 bits per heavy atom. The summed E-state index contributed by atoms with van der Waals surface area (Å²) in [7, 11) is 1.64. The fraction of sp³-hybridized carbons (Fsp3) is 0.321. The van der Waals surface area contributed by atoms with Crippen molar-refractivity contribution in [3.05, 3.63) is 83.2 Å². The van der Waals surface area contributed by atoms with Gasteiger partial charge in [-0.05, 0) is 66.3 Å². The number of aryl methyl sites for hydroxylation is 1. The van der Waals surface area contributed by atoms with Gasteiger partial charge in [-0.1, -0.05) is 24.3 Å². The maximum atomic E-state index is 14.4. The van der Waals surface area contributed by atoms with Crippen LogP contribution in [-0.2, 0) is 24.2 Å². The smallest absolute Gasteiger partial charge is 0.303 e. The van der Waals surface area contributed by atoms with Gasteiger partial charge in [0.05, 0.1) is 13.7 Å². The number of carboxylic acid groups (broad SMARTS) is 1. The first-order chi connectivity index (χ1) is 17.0. The molecule has 1 aliphatic rings. The molecule has 0 fully saturated rings. The Morgan fingerprint density at radius 3 is 2.71 bits per heavy atom. The molecule has 6 nitrogen and oxygen atoms in total. The monoisotopic (exact) mass is 478 g/mol. The molecule has 0 radical (unpaired) electrons. The van der Waals surface area contributed by atoms with E-state index < -0.39 is 5.97 Å². The maximum absolute atomic E-state index is 14.4. The summed E-state index contributed by atoms with van der Waals surface area (Å²) in [4.78, 5) is 13.1. The zero-order chi connectivity index (χ0) is 24.6. The molecule has 0 unspecified atom stereocenters. The highest BCUT2D eigenvalue weighted by Crippen LogP contribution is 2.30. The van der Waals surface area contributed by atoms with Crippen LogP contribution in [0.3, 0.4) is 0 Å². The number of benzene rings is 3. The van der Waals surface area contributed by atoms with Crippen LogP contribution in [0.5, 0.6) is 11.5 Å². The lowest BCUT2D eigenvalue weighted by atomic mass is 9.96. The molecule has 3 aromatic rings. The van der Waals surface area contributed by atoms with Crippen LogP contribution in [0, 0.1) is 5.82 Å². The van der Waals surface area contributed by atoms with E-state index in [-0.39, 0.29) is 18.7 Å². The molecule has 35 heavy (non-hydrogen) atoms. The third-order valence-corrected chi connectivity index (χ3v) is 6.26. The predicted molar refractivity (Wildman–Crippen MR) is 135 cm³/mol. The average Bonchev–Trinajstić information content (AvgIpc) is 2.87. The quantitative estimate of drug-likeness (QED) is 0.390. The molecular formula is C28H31FN2O4. The summed E-state index contributed by atoms with van der Waals surface area (Å²) in [5, 5.41) is 12.1. The maximum Gasteiger partial charge on any atom is 0.303 e. The summed E-state index contributed by atoms with van der Waals surface area (Å²) in [5.74, 6) is 0.258. The van der Waals surface area contributed by atoms with Crippen LogP contribution in [0.15, 0.2) is 60.7 Å². The molecule has 0 atom stereocenters. The number of halogens is 1. The Bertz CT molecular complexity index is 1170. The van der Waals surface area contributed by atoms with Crippen LogP contribution in [0.2, 0.25) is 0 Å². The third-order valence-electron chi connectivity index (χ3n) is 6.26. The highest BCUT2D eigenvalue weighted by molar-refractivity contribution is 5.67. The molecule has 1 aliphatic heterocycles. The molecule has 0 saturated carbocycles. The molecule has 0 bridgehead atoms. The molecule has 2 N–H and O–H groups in total. The Balaban J connectivity index is 1.37. The van der Waals surface area contributed by atoms with Gasteiger partial charge in [-0.3, -0.25) is 4.79 Å². The second-order valence-electron chi connectivity index (χ2n) is 8.59. The Labute approximate surface area is 205 Å². The van der Waals surface area contributed by atoms with E-state index in [9.17, 15) is 9.18 Å². The summed E-state index contributed by atoms with van der Waals surface area (Å²) in [5.41, 5.74) is 4.82. The van der Waals surface area contributed by atoms with Gasteiger partial charge in [0, 0.05) is 37.0 Å². The minimum absolute atomic E-state index is 0.0824. The number of carbonyl (C=O) groups is 1. The zero-order valence-electron chi connectivity index (χ0n) is 19.9. The number of aliphatic carboxylic acids is 1. The van der Waals surface area contributed by atoms with E-state index in [1.54, 1.807) is 19.2 Å². The molecule has 0 saturated heterocycles. The van der Waals surface area contributed by atoms with Gasteiger partial charge < -0.3 is 24.8 Å². The first-order valence-corrected chi connectivity index (χ1v) is 11.9. The number of fused-ring (bicyclic) bond motifs is 1. The second-order valence-corrected chi connectivity index (χ2v) is 8.59. The van der Waals surface area contributed by atoms with Gasteiger partial charge >= 0.3 is 5.97 Å². The van der Waals surface area contributed by atoms with Crippen LogP contribution >= 0.6 is 0 Å². The lowest BCUT2D eigenvalue weighted by Crippen LogP contribution is -2.33. The number of nitrogens with zero attached hydrogens (tertiary/aromatic N) is 1. The van der Waals surface area contributed by atoms with Gasteiger partial charge in [0.25, 0.3) is 0 Å². The van der Waals surface area contributed by atoms with E-state index in [0.29, 0.717) is 24.4 Å². The van der Waals surface area contributed by atoms with Gasteiger partial charge in [0.2, 0.25) is 0 Å². The normalized spacial score (nSPS) is 12.7. The SMILES string of the molecule is COc1cccc(OCCN2CCCc3c(CNc4ccc(CCC(=O)O)c(F)c4)cccc32)c1. The Morgan fingerprint density at radius 1 is 1.09 bits per heavy atom. The van der Waals surface area contributed by atoms with Crippen LogP contribution in [-0.4, -0.2) is 37.9 Å². The summed E-state index contributed by atoms with van der Waals surface area (Å²) in [6.07, 6.45) is 2.17. The molecule has 0 aromatic heterocycles. The van der Waals surface area contributed by atoms with Crippen molar-refractivity contribution in [1.29, 1.82) is 0 Å². The van der Waals surface area contributed by atoms with Gasteiger partial charge in [0.1, 0.15) is 23.9 Å². The minimum Gasteiger partial charge on any atom is -0.497 e. The Hall–Kier alpha value is -3.74. The van der Waals surface area contributed by atoms with E-state index >= 15 is 0 Å². The van der Waals surface area contributed by atoms with E-state index in [2.05, 4.69) is 28.4 Å². The molecule has 3 aromatic carbocycles. The van der Waals surface area contributed by atoms with E-state index in [1.807, 2.05) is 24.3 Å². The first kappa shape index (κ1) is 24.4. The number of hydrogen-bond donors (Lipinski definition) is 2. The lowest BCUT2D eigenvalue weighted by Gasteiger charge is -2.32. The van der Waals surface area contributed by atoms with Gasteiger partial charge in [-0.25, -0.2) is 4.39 Å².